The molecule has 2 saturated heterocycles. The van der Waals surface area contributed by atoms with E-state index in [1.807, 2.05) is 31.0 Å². The van der Waals surface area contributed by atoms with E-state index in [1.54, 1.807) is 4.90 Å². The minimum atomic E-state index is -0.367. The van der Waals surface area contributed by atoms with E-state index in [-0.39, 0.29) is 18.0 Å². The Balaban J connectivity index is 0.00000164. The minimum absolute atomic E-state index is 0.0227. The third kappa shape index (κ3) is 6.37. The quantitative estimate of drug-likeness (QED) is 0.448. The number of benzene rings is 1. The third-order valence-corrected chi connectivity index (χ3v) is 9.70. The zero-order valence-electron chi connectivity index (χ0n) is 22.1. The Morgan fingerprint density at radius 2 is 1.71 bits per heavy atom. The molecule has 2 aliphatic heterocycles. The number of primary amides is 1. The van der Waals surface area contributed by atoms with E-state index in [4.69, 9.17) is 22.3 Å². The van der Waals surface area contributed by atoms with E-state index >= 15 is 0 Å². The third-order valence-electron chi connectivity index (χ3n) is 7.82. The largest absolute Gasteiger partial charge is 0.351 e. The van der Waals surface area contributed by atoms with Crippen molar-refractivity contribution >= 4 is 55.4 Å². The van der Waals surface area contributed by atoms with Gasteiger partial charge in [0.05, 0.1) is 16.8 Å². The molecule has 5 rings (SSSR count). The van der Waals surface area contributed by atoms with Gasteiger partial charge in [0.1, 0.15) is 0 Å². The lowest BCUT2D eigenvalue weighted by molar-refractivity contribution is -0.134. The second-order valence-corrected chi connectivity index (χ2v) is 12.0. The van der Waals surface area contributed by atoms with Crippen molar-refractivity contribution in [1.29, 1.82) is 0 Å². The number of carbonyl (C=O) groups excluding carboxylic acids is 2. The summed E-state index contributed by atoms with van der Waals surface area (Å²) in [7, 11) is 0. The summed E-state index contributed by atoms with van der Waals surface area (Å²) in [4.78, 5) is 35.5. The van der Waals surface area contributed by atoms with Gasteiger partial charge in [0, 0.05) is 60.8 Å². The van der Waals surface area contributed by atoms with Crippen molar-refractivity contribution < 1.29 is 9.59 Å². The lowest BCUT2D eigenvalue weighted by atomic mass is 9.93. The van der Waals surface area contributed by atoms with Crippen LogP contribution in [0.5, 0.6) is 0 Å². The van der Waals surface area contributed by atoms with E-state index in [9.17, 15) is 9.59 Å². The van der Waals surface area contributed by atoms with Crippen LogP contribution >= 0.6 is 43.5 Å². The Bertz CT molecular complexity index is 1160. The highest BCUT2D eigenvalue weighted by molar-refractivity contribution is 9.10. The Hall–Kier alpha value is -1.68. The first-order valence-corrected chi connectivity index (χ1v) is 15.5. The standard InChI is InChI=1S/C26H30Br2ClN5O2.C2H6/c27-18-14-17-1-2-19-20(3-4-21(29)23(19)28)25(24(17)31-15-18)33-11-9-32(10-12-33)22(35)13-16-5-7-34(8-6-16)26(30)36;1-2/h3-4,14-16,25H,1-2,5-13H2,(H2,30,36);1-2H3. The number of aromatic nitrogens is 1. The number of piperidine rings is 1. The molecule has 2 fully saturated rings. The summed E-state index contributed by atoms with van der Waals surface area (Å²) < 4.78 is 1.95. The molecule has 10 heteroatoms. The van der Waals surface area contributed by atoms with Gasteiger partial charge in [-0.1, -0.05) is 31.5 Å². The highest BCUT2D eigenvalue weighted by atomic mass is 79.9. The number of nitrogens with two attached hydrogens (primary N) is 1. The first kappa shape index (κ1) is 29.3. The minimum Gasteiger partial charge on any atom is -0.351 e. The molecule has 3 amide bonds. The van der Waals surface area contributed by atoms with Gasteiger partial charge in [0.2, 0.25) is 5.91 Å². The van der Waals surface area contributed by atoms with Crippen LogP contribution in [0.2, 0.25) is 5.02 Å². The molecule has 0 radical (unpaired) electrons. The summed E-state index contributed by atoms with van der Waals surface area (Å²) in [5, 5.41) is 0.727. The molecule has 2 aromatic rings. The van der Waals surface area contributed by atoms with Gasteiger partial charge >= 0.3 is 6.03 Å². The molecule has 1 aromatic heterocycles. The van der Waals surface area contributed by atoms with Crippen molar-refractivity contribution in [3.05, 3.63) is 60.7 Å². The van der Waals surface area contributed by atoms with Crippen LogP contribution in [0.3, 0.4) is 0 Å². The predicted molar refractivity (Wildman–Crippen MR) is 158 cm³/mol. The Labute approximate surface area is 247 Å². The Morgan fingerprint density at radius 1 is 1.03 bits per heavy atom. The molecule has 7 nitrogen and oxygen atoms in total. The molecule has 1 atom stereocenters. The van der Waals surface area contributed by atoms with Crippen molar-refractivity contribution in [2.75, 3.05) is 39.3 Å². The van der Waals surface area contributed by atoms with E-state index in [2.05, 4.69) is 48.9 Å². The van der Waals surface area contributed by atoms with Gasteiger partial charge in [0.25, 0.3) is 0 Å². The molecule has 0 saturated carbocycles. The fourth-order valence-electron chi connectivity index (χ4n) is 5.80. The van der Waals surface area contributed by atoms with Gasteiger partial charge in [0.15, 0.2) is 0 Å². The van der Waals surface area contributed by atoms with Crippen molar-refractivity contribution in [1.82, 2.24) is 19.7 Å². The number of urea groups is 1. The fourth-order valence-corrected chi connectivity index (χ4v) is 6.91. The van der Waals surface area contributed by atoms with Crippen LogP contribution in [0, 0.1) is 5.92 Å². The normalized spacial score (nSPS) is 20.1. The smallest absolute Gasteiger partial charge is 0.314 e. The molecule has 0 bridgehead atoms. The number of nitrogens with zero attached hydrogens (tertiary/aromatic N) is 4. The molecule has 1 aliphatic carbocycles. The molecule has 0 spiro atoms. The first-order chi connectivity index (χ1) is 18.3. The lowest BCUT2D eigenvalue weighted by Gasteiger charge is -2.40. The highest BCUT2D eigenvalue weighted by Gasteiger charge is 2.34. The number of halogens is 3. The van der Waals surface area contributed by atoms with Gasteiger partial charge in [-0.15, -0.1) is 0 Å². The van der Waals surface area contributed by atoms with Crippen molar-refractivity contribution in [2.24, 2.45) is 11.7 Å². The van der Waals surface area contributed by atoms with Crippen LogP contribution in [0.15, 0.2) is 33.3 Å². The predicted octanol–water partition coefficient (Wildman–Crippen LogP) is 5.80. The van der Waals surface area contributed by atoms with Gasteiger partial charge in [-0.3, -0.25) is 14.7 Å². The van der Waals surface area contributed by atoms with E-state index in [1.165, 1.54) is 16.7 Å². The number of pyridine rings is 1. The number of rotatable bonds is 3. The SMILES string of the molecule is CC.NC(=O)N1CCC(CC(=O)N2CCN(C3c4ccc(Cl)c(Br)c4CCc4cc(Br)cnc43)CC2)CC1. The Kier molecular flexibility index (Phi) is 10.1. The van der Waals surface area contributed by atoms with Gasteiger partial charge in [-0.05, 0) is 92.3 Å². The van der Waals surface area contributed by atoms with Crippen LogP contribution in [0.25, 0.3) is 0 Å². The number of piperazine rings is 1. The van der Waals surface area contributed by atoms with E-state index < -0.39 is 0 Å². The summed E-state index contributed by atoms with van der Waals surface area (Å²) in [5.74, 6) is 0.530. The number of carbonyl (C=O) groups is 2. The fraction of sp³-hybridized carbons (Fsp3) is 0.536. The zero-order chi connectivity index (χ0) is 27.4. The first-order valence-electron chi connectivity index (χ1n) is 13.5. The summed E-state index contributed by atoms with van der Waals surface area (Å²) in [5.41, 5.74) is 10.2. The number of hydrogen-bond acceptors (Lipinski definition) is 4. The van der Waals surface area contributed by atoms with Crippen LogP contribution in [0.4, 0.5) is 4.79 Å². The molecule has 3 aliphatic rings. The summed E-state index contributed by atoms with van der Waals surface area (Å²) >= 11 is 13.8. The topological polar surface area (TPSA) is 82.8 Å². The van der Waals surface area contributed by atoms with Crippen LogP contribution in [-0.4, -0.2) is 70.9 Å². The van der Waals surface area contributed by atoms with Gasteiger partial charge in [-0.2, -0.15) is 0 Å². The number of aryl methyl sites for hydroxylation is 1. The van der Waals surface area contributed by atoms with Gasteiger partial charge < -0.3 is 15.5 Å². The molecular weight excluding hydrogens is 634 g/mol. The molecule has 3 heterocycles. The van der Waals surface area contributed by atoms with Crippen LogP contribution < -0.4 is 5.73 Å². The van der Waals surface area contributed by atoms with Crippen LogP contribution in [0.1, 0.15) is 61.5 Å². The Morgan fingerprint density at radius 3 is 2.37 bits per heavy atom. The maximum Gasteiger partial charge on any atom is 0.314 e. The summed E-state index contributed by atoms with van der Waals surface area (Å²) in [6.07, 6.45) is 5.89. The van der Waals surface area contributed by atoms with Crippen molar-refractivity contribution in [3.8, 4) is 0 Å². The van der Waals surface area contributed by atoms with E-state index in [0.29, 0.717) is 38.5 Å². The molecule has 1 unspecified atom stereocenters. The molecule has 2 N–H and O–H groups in total. The van der Waals surface area contributed by atoms with Gasteiger partial charge in [-0.25, -0.2) is 4.79 Å². The number of fused-ring (bicyclic) bond motifs is 2. The average Bonchev–Trinajstić information content (AvgIpc) is 3.09. The summed E-state index contributed by atoms with van der Waals surface area (Å²) in [6, 6.07) is 5.94. The zero-order valence-corrected chi connectivity index (χ0v) is 26.0. The van der Waals surface area contributed by atoms with Crippen molar-refractivity contribution in [2.45, 2.75) is 52.0 Å². The van der Waals surface area contributed by atoms with Crippen LogP contribution in [-0.2, 0) is 17.6 Å². The number of hydrogen-bond donors (Lipinski definition) is 1. The average molecular weight is 670 g/mol. The van der Waals surface area contributed by atoms with E-state index in [0.717, 1.165) is 58.4 Å². The van der Waals surface area contributed by atoms with Crippen molar-refractivity contribution in [3.63, 3.8) is 0 Å². The molecule has 1 aromatic carbocycles. The monoisotopic (exact) mass is 667 g/mol. The summed E-state index contributed by atoms with van der Waals surface area (Å²) in [6.45, 7) is 8.26. The molecular formula is C28H36Br2ClN5O2. The lowest BCUT2D eigenvalue weighted by Crippen LogP contribution is -2.50. The second kappa shape index (κ2) is 13.1. The molecule has 206 valence electrons. The number of likely N-dealkylation sites (tertiary alicyclic amines) is 1. The maximum absolute atomic E-state index is 13.1. The molecule has 38 heavy (non-hydrogen) atoms. The maximum atomic E-state index is 13.1. The number of amides is 3. The second-order valence-electron chi connectivity index (χ2n) is 9.92. The highest BCUT2D eigenvalue weighted by Crippen LogP contribution is 2.41.